The zero-order valence-corrected chi connectivity index (χ0v) is 19.8. The molecule has 1 saturated heterocycles. The van der Waals surface area contributed by atoms with Crippen LogP contribution in [0.2, 0.25) is 0 Å². The van der Waals surface area contributed by atoms with Gasteiger partial charge in [0, 0.05) is 30.6 Å². The summed E-state index contributed by atoms with van der Waals surface area (Å²) in [6.07, 6.45) is 9.05. The second kappa shape index (κ2) is 9.41. The fraction of sp³-hybridized carbons (Fsp3) is 0.462. The van der Waals surface area contributed by atoms with Gasteiger partial charge in [0.2, 0.25) is 0 Å². The van der Waals surface area contributed by atoms with E-state index in [4.69, 9.17) is 0 Å². The third-order valence-corrected chi connectivity index (χ3v) is 6.89. The van der Waals surface area contributed by atoms with E-state index < -0.39 is 0 Å². The van der Waals surface area contributed by atoms with E-state index in [1.807, 2.05) is 32.4 Å². The van der Waals surface area contributed by atoms with Crippen molar-refractivity contribution in [2.24, 2.45) is 0 Å². The van der Waals surface area contributed by atoms with Crippen molar-refractivity contribution in [3.63, 3.8) is 0 Å². The highest BCUT2D eigenvalue weighted by atomic mass is 19.1. The van der Waals surface area contributed by atoms with Gasteiger partial charge in [-0.2, -0.15) is 5.10 Å². The highest BCUT2D eigenvalue weighted by molar-refractivity contribution is 5.64. The molecule has 0 aliphatic carbocycles. The molecule has 0 amide bonds. The molecule has 3 aromatic rings. The second-order valence-corrected chi connectivity index (χ2v) is 9.23. The van der Waals surface area contributed by atoms with Crippen LogP contribution in [0, 0.1) is 19.7 Å². The van der Waals surface area contributed by atoms with Crippen molar-refractivity contribution in [3.8, 4) is 11.1 Å². The van der Waals surface area contributed by atoms with Gasteiger partial charge in [-0.25, -0.2) is 9.37 Å². The molecule has 0 radical (unpaired) electrons. The Morgan fingerprint density at radius 2 is 1.91 bits per heavy atom. The van der Waals surface area contributed by atoms with Crippen LogP contribution < -0.4 is 5.32 Å². The van der Waals surface area contributed by atoms with Crippen LogP contribution in [0.5, 0.6) is 0 Å². The van der Waals surface area contributed by atoms with Gasteiger partial charge in [0.25, 0.3) is 0 Å². The van der Waals surface area contributed by atoms with Crippen LogP contribution in [0.15, 0.2) is 36.8 Å². The fourth-order valence-electron chi connectivity index (χ4n) is 5.02. The predicted octanol–water partition coefficient (Wildman–Crippen LogP) is 5.36. The summed E-state index contributed by atoms with van der Waals surface area (Å²) in [5, 5.41) is 7.89. The van der Waals surface area contributed by atoms with E-state index in [0.29, 0.717) is 6.04 Å². The average Bonchev–Trinajstić information content (AvgIpc) is 3.27. The maximum absolute atomic E-state index is 14.2. The van der Waals surface area contributed by atoms with Crippen LogP contribution in [0.3, 0.4) is 0 Å². The smallest absolute Gasteiger partial charge is 0.128 e. The van der Waals surface area contributed by atoms with Gasteiger partial charge in [-0.1, -0.05) is 13.0 Å². The van der Waals surface area contributed by atoms with E-state index >= 15 is 0 Å². The summed E-state index contributed by atoms with van der Waals surface area (Å²) in [5.41, 5.74) is 6.25. The van der Waals surface area contributed by atoms with E-state index in [9.17, 15) is 4.39 Å². The molecule has 2 aromatic heterocycles. The highest BCUT2D eigenvalue weighted by Crippen LogP contribution is 2.32. The van der Waals surface area contributed by atoms with Gasteiger partial charge < -0.3 is 10.2 Å². The number of benzene rings is 1. The lowest BCUT2D eigenvalue weighted by Crippen LogP contribution is -2.31. The van der Waals surface area contributed by atoms with E-state index in [1.165, 1.54) is 0 Å². The Morgan fingerprint density at radius 1 is 1.16 bits per heavy atom. The van der Waals surface area contributed by atoms with Gasteiger partial charge in [0.05, 0.1) is 12.2 Å². The number of nitrogens with one attached hydrogen (secondary N) is 1. The zero-order valence-electron chi connectivity index (χ0n) is 19.8. The topological polar surface area (TPSA) is 46.0 Å². The van der Waals surface area contributed by atoms with Crippen molar-refractivity contribution >= 4 is 5.82 Å². The monoisotopic (exact) mass is 435 g/mol. The molecule has 0 spiro atoms. The first kappa shape index (κ1) is 22.5. The molecule has 1 fully saturated rings. The minimum Gasteiger partial charge on any atom is -0.373 e. The number of aromatic nitrogens is 3. The zero-order chi connectivity index (χ0) is 22.8. The first-order valence-corrected chi connectivity index (χ1v) is 11.5. The average molecular weight is 436 g/mol. The Balaban J connectivity index is 1.59. The molecule has 1 atom stereocenters. The number of nitrogens with zero attached hydrogens (tertiary/aromatic N) is 4. The molecular weight excluding hydrogens is 401 g/mol. The summed E-state index contributed by atoms with van der Waals surface area (Å²) < 4.78 is 16.4. The van der Waals surface area contributed by atoms with E-state index in [-0.39, 0.29) is 11.7 Å². The Labute approximate surface area is 190 Å². The van der Waals surface area contributed by atoms with Crippen molar-refractivity contribution in [1.29, 1.82) is 0 Å². The van der Waals surface area contributed by atoms with Crippen molar-refractivity contribution < 1.29 is 4.39 Å². The molecule has 170 valence electrons. The van der Waals surface area contributed by atoms with Gasteiger partial charge in [0.1, 0.15) is 11.6 Å². The van der Waals surface area contributed by atoms with Crippen LogP contribution in [0.4, 0.5) is 10.2 Å². The van der Waals surface area contributed by atoms with Gasteiger partial charge in [-0.3, -0.25) is 4.68 Å². The van der Waals surface area contributed by atoms with Crippen molar-refractivity contribution in [2.75, 3.05) is 32.5 Å². The van der Waals surface area contributed by atoms with Crippen LogP contribution in [0.25, 0.3) is 11.1 Å². The number of pyridine rings is 1. The summed E-state index contributed by atoms with van der Waals surface area (Å²) in [7, 11) is 4.07. The van der Waals surface area contributed by atoms with Crippen LogP contribution in [-0.2, 0) is 6.42 Å². The fourth-order valence-corrected chi connectivity index (χ4v) is 5.02. The Morgan fingerprint density at radius 3 is 2.62 bits per heavy atom. The molecule has 4 rings (SSSR count). The first-order chi connectivity index (χ1) is 15.4. The molecule has 1 aliphatic rings. The maximum atomic E-state index is 14.2. The third-order valence-electron chi connectivity index (χ3n) is 6.89. The minimum atomic E-state index is -0.139. The van der Waals surface area contributed by atoms with Crippen LogP contribution in [-0.4, -0.2) is 46.8 Å². The normalized spacial score (nSPS) is 16.3. The van der Waals surface area contributed by atoms with Crippen LogP contribution >= 0.6 is 0 Å². The van der Waals surface area contributed by atoms with Crippen LogP contribution in [0.1, 0.15) is 54.0 Å². The number of aryl methyl sites for hydroxylation is 1. The van der Waals surface area contributed by atoms with Gasteiger partial charge >= 0.3 is 0 Å². The molecular formula is C26H34FN5. The SMILES string of the molecule is CNc1ncc(-c2cnn(C3CCN(C)CC3)c2)cc1C[C@H](C)c1c(C)ccc(F)c1C. The first-order valence-electron chi connectivity index (χ1n) is 11.5. The van der Waals surface area contributed by atoms with E-state index in [1.54, 1.807) is 6.07 Å². The Bertz CT molecular complexity index is 1080. The van der Waals surface area contributed by atoms with E-state index in [0.717, 1.165) is 71.6 Å². The Kier molecular flexibility index (Phi) is 6.60. The van der Waals surface area contributed by atoms with Crippen molar-refractivity contribution in [1.82, 2.24) is 19.7 Å². The van der Waals surface area contributed by atoms with Gasteiger partial charge in [-0.05, 0) is 93.6 Å². The summed E-state index contributed by atoms with van der Waals surface area (Å²) in [5.74, 6) is 0.909. The quantitative estimate of drug-likeness (QED) is 0.567. The standard InChI is InChI=1S/C26H34FN5/c1-17-6-7-24(27)19(3)25(17)18(2)12-20-13-21(14-29-26(20)28-4)22-15-30-32(16-22)23-8-10-31(5)11-9-23/h6-7,13-16,18,23H,8-12H2,1-5H3,(H,28,29)/t18-/m0/s1. The number of hydrogen-bond donors (Lipinski definition) is 1. The van der Waals surface area contributed by atoms with Gasteiger partial charge in [0.15, 0.2) is 0 Å². The van der Waals surface area contributed by atoms with Crippen molar-refractivity contribution in [2.45, 2.75) is 52.0 Å². The summed E-state index contributed by atoms with van der Waals surface area (Å²) >= 11 is 0. The number of anilines is 1. The molecule has 1 aromatic carbocycles. The molecule has 1 aliphatic heterocycles. The molecule has 6 heteroatoms. The lowest BCUT2D eigenvalue weighted by atomic mass is 9.87. The highest BCUT2D eigenvalue weighted by Gasteiger charge is 2.20. The molecule has 1 N–H and O–H groups in total. The number of likely N-dealkylation sites (tertiary alicyclic amines) is 1. The molecule has 0 saturated carbocycles. The number of hydrogen-bond acceptors (Lipinski definition) is 4. The predicted molar refractivity (Wildman–Crippen MR) is 129 cm³/mol. The summed E-state index contributed by atoms with van der Waals surface area (Å²) in [6, 6.07) is 6.10. The third kappa shape index (κ3) is 4.56. The minimum absolute atomic E-state index is 0.139. The maximum Gasteiger partial charge on any atom is 0.128 e. The van der Waals surface area contributed by atoms with Crippen molar-refractivity contribution in [3.05, 3.63) is 64.9 Å². The molecule has 0 bridgehead atoms. The lowest BCUT2D eigenvalue weighted by Gasteiger charge is -2.28. The molecule has 32 heavy (non-hydrogen) atoms. The number of halogens is 1. The largest absolute Gasteiger partial charge is 0.373 e. The molecule has 0 unspecified atom stereocenters. The molecule has 5 nitrogen and oxygen atoms in total. The van der Waals surface area contributed by atoms with E-state index in [2.05, 4.69) is 58.1 Å². The summed E-state index contributed by atoms with van der Waals surface area (Å²) in [6.45, 7) is 8.32. The Hall–Kier alpha value is -2.73. The number of piperidine rings is 1. The second-order valence-electron chi connectivity index (χ2n) is 9.23. The number of rotatable bonds is 6. The lowest BCUT2D eigenvalue weighted by molar-refractivity contribution is 0.212. The summed E-state index contributed by atoms with van der Waals surface area (Å²) in [4.78, 5) is 7.06. The van der Waals surface area contributed by atoms with Gasteiger partial charge in [-0.15, -0.1) is 0 Å². The molecule has 3 heterocycles.